The molecule has 0 unspecified atom stereocenters. The van der Waals surface area contributed by atoms with Gasteiger partial charge in [0.25, 0.3) is 5.91 Å². The van der Waals surface area contributed by atoms with Crippen molar-refractivity contribution in [3.8, 4) is 23.0 Å². The van der Waals surface area contributed by atoms with Gasteiger partial charge in [-0.05, 0) is 25.1 Å². The highest BCUT2D eigenvalue weighted by molar-refractivity contribution is 6.33. The van der Waals surface area contributed by atoms with E-state index >= 15 is 0 Å². The lowest BCUT2D eigenvalue weighted by molar-refractivity contribution is 0.0596. The summed E-state index contributed by atoms with van der Waals surface area (Å²) < 4.78 is 21.9. The average Bonchev–Trinajstić information content (AvgIpc) is 3.49. The van der Waals surface area contributed by atoms with Crippen LogP contribution in [0, 0.1) is 6.92 Å². The zero-order chi connectivity index (χ0) is 20.7. The maximum atomic E-state index is 12.4. The van der Waals surface area contributed by atoms with E-state index in [2.05, 4.69) is 9.88 Å². The van der Waals surface area contributed by atoms with Crippen LogP contribution in [-0.4, -0.2) is 53.7 Å². The fourth-order valence-electron chi connectivity index (χ4n) is 3.65. The van der Waals surface area contributed by atoms with Crippen LogP contribution in [0.3, 0.4) is 0 Å². The number of benzene rings is 1. The highest BCUT2D eigenvalue weighted by Crippen LogP contribution is 2.41. The SMILES string of the molecule is Cc1oc(-c2cc3c(cc2Cl)OCO3)nc1CN1CCN(C(=O)c2ccco2)CC1. The molecular weight excluding hydrogens is 410 g/mol. The Morgan fingerprint density at radius 3 is 2.67 bits per heavy atom. The Hall–Kier alpha value is -2.97. The molecule has 0 N–H and O–H groups in total. The van der Waals surface area contributed by atoms with Gasteiger partial charge in [0.1, 0.15) is 5.76 Å². The number of fused-ring (bicyclic) bond motifs is 1. The molecule has 4 heterocycles. The van der Waals surface area contributed by atoms with E-state index in [9.17, 15) is 4.79 Å². The van der Waals surface area contributed by atoms with E-state index in [1.165, 1.54) is 6.26 Å². The van der Waals surface area contributed by atoms with Crippen molar-refractivity contribution in [1.29, 1.82) is 0 Å². The molecule has 2 aliphatic heterocycles. The molecule has 1 aromatic carbocycles. The van der Waals surface area contributed by atoms with Gasteiger partial charge in [-0.15, -0.1) is 0 Å². The Labute approximate surface area is 177 Å². The number of furan rings is 1. The number of hydrogen-bond donors (Lipinski definition) is 0. The topological polar surface area (TPSA) is 81.2 Å². The summed E-state index contributed by atoms with van der Waals surface area (Å²) in [7, 11) is 0. The van der Waals surface area contributed by atoms with E-state index in [4.69, 9.17) is 29.9 Å². The second-order valence-electron chi connectivity index (χ2n) is 7.25. The number of halogens is 1. The van der Waals surface area contributed by atoms with Crippen LogP contribution in [0.25, 0.3) is 11.5 Å². The minimum absolute atomic E-state index is 0.0722. The summed E-state index contributed by atoms with van der Waals surface area (Å²) >= 11 is 6.39. The lowest BCUT2D eigenvalue weighted by Crippen LogP contribution is -2.48. The van der Waals surface area contributed by atoms with Crippen molar-refractivity contribution in [2.24, 2.45) is 0 Å². The maximum Gasteiger partial charge on any atom is 0.289 e. The summed E-state index contributed by atoms with van der Waals surface area (Å²) in [4.78, 5) is 21.1. The number of ether oxygens (including phenoxy) is 2. The predicted molar refractivity (Wildman–Crippen MR) is 108 cm³/mol. The number of piperazine rings is 1. The van der Waals surface area contributed by atoms with Gasteiger partial charge in [-0.2, -0.15) is 0 Å². The van der Waals surface area contributed by atoms with Crippen molar-refractivity contribution < 1.29 is 23.1 Å². The van der Waals surface area contributed by atoms with Crippen LogP contribution >= 0.6 is 11.6 Å². The Morgan fingerprint density at radius 1 is 1.17 bits per heavy atom. The first kappa shape index (κ1) is 19.0. The number of oxazole rings is 1. The Balaban J connectivity index is 1.26. The molecule has 1 fully saturated rings. The van der Waals surface area contributed by atoms with Gasteiger partial charge in [0, 0.05) is 38.8 Å². The molecule has 2 aromatic heterocycles. The monoisotopic (exact) mass is 429 g/mol. The molecular formula is C21H20ClN3O5. The third-order valence-electron chi connectivity index (χ3n) is 5.35. The van der Waals surface area contributed by atoms with Gasteiger partial charge in [0.05, 0.1) is 22.5 Å². The summed E-state index contributed by atoms with van der Waals surface area (Å²) in [5.41, 5.74) is 1.52. The van der Waals surface area contributed by atoms with Crippen molar-refractivity contribution in [2.75, 3.05) is 33.0 Å². The van der Waals surface area contributed by atoms with Crippen LogP contribution < -0.4 is 9.47 Å². The normalized spacial score (nSPS) is 16.3. The molecule has 0 aliphatic carbocycles. The van der Waals surface area contributed by atoms with Crippen molar-refractivity contribution in [2.45, 2.75) is 13.5 Å². The van der Waals surface area contributed by atoms with Gasteiger partial charge in [0.15, 0.2) is 17.3 Å². The first-order valence-corrected chi connectivity index (χ1v) is 10.1. The van der Waals surface area contributed by atoms with E-state index in [0.29, 0.717) is 53.4 Å². The molecule has 2 aliphatic rings. The first-order valence-electron chi connectivity index (χ1n) is 9.69. The molecule has 1 saturated heterocycles. The molecule has 0 atom stereocenters. The molecule has 1 amide bonds. The summed E-state index contributed by atoms with van der Waals surface area (Å²) in [6.45, 7) is 5.48. The van der Waals surface area contributed by atoms with E-state index < -0.39 is 0 Å². The highest BCUT2D eigenvalue weighted by atomic mass is 35.5. The number of aromatic nitrogens is 1. The van der Waals surface area contributed by atoms with Crippen molar-refractivity contribution in [1.82, 2.24) is 14.8 Å². The van der Waals surface area contributed by atoms with Gasteiger partial charge >= 0.3 is 0 Å². The largest absolute Gasteiger partial charge is 0.459 e. The quantitative estimate of drug-likeness (QED) is 0.626. The first-order chi connectivity index (χ1) is 14.6. The molecule has 8 nitrogen and oxygen atoms in total. The number of carbonyl (C=O) groups is 1. The zero-order valence-corrected chi connectivity index (χ0v) is 17.1. The molecule has 30 heavy (non-hydrogen) atoms. The number of hydrogen-bond acceptors (Lipinski definition) is 7. The van der Waals surface area contributed by atoms with Crippen LogP contribution in [0.2, 0.25) is 5.02 Å². The Morgan fingerprint density at radius 2 is 1.93 bits per heavy atom. The van der Waals surface area contributed by atoms with Crippen LogP contribution in [0.4, 0.5) is 0 Å². The maximum absolute atomic E-state index is 12.4. The van der Waals surface area contributed by atoms with Gasteiger partial charge in [0.2, 0.25) is 12.7 Å². The smallest absolute Gasteiger partial charge is 0.289 e. The average molecular weight is 430 g/mol. The fraction of sp³-hybridized carbons (Fsp3) is 0.333. The van der Waals surface area contributed by atoms with Gasteiger partial charge in [-0.25, -0.2) is 4.98 Å². The van der Waals surface area contributed by atoms with Crippen molar-refractivity contribution >= 4 is 17.5 Å². The Bertz CT molecular complexity index is 1070. The van der Waals surface area contributed by atoms with Crippen molar-refractivity contribution in [3.63, 3.8) is 0 Å². The second-order valence-corrected chi connectivity index (χ2v) is 7.66. The standard InChI is InChI=1S/C21H20ClN3O5/c1-13-16(11-24-4-6-25(7-5-24)21(26)17-3-2-8-27-17)23-20(30-13)14-9-18-19(10-15(14)22)29-12-28-18/h2-3,8-10H,4-7,11-12H2,1H3. The van der Waals surface area contributed by atoms with E-state index in [-0.39, 0.29) is 12.7 Å². The lowest BCUT2D eigenvalue weighted by atomic mass is 10.2. The summed E-state index contributed by atoms with van der Waals surface area (Å²) in [5.74, 6) is 2.75. The molecule has 0 radical (unpaired) electrons. The second kappa shape index (κ2) is 7.70. The number of nitrogens with zero attached hydrogens (tertiary/aromatic N) is 3. The molecule has 5 rings (SSSR count). The minimum atomic E-state index is -0.0722. The molecule has 3 aromatic rings. The number of aryl methyl sites for hydroxylation is 1. The van der Waals surface area contributed by atoms with Gasteiger partial charge in [-0.1, -0.05) is 11.6 Å². The molecule has 0 bridgehead atoms. The fourth-order valence-corrected chi connectivity index (χ4v) is 3.88. The lowest BCUT2D eigenvalue weighted by Gasteiger charge is -2.33. The third-order valence-corrected chi connectivity index (χ3v) is 5.66. The van der Waals surface area contributed by atoms with Crippen molar-refractivity contribution in [3.05, 3.63) is 52.8 Å². The van der Waals surface area contributed by atoms with Gasteiger partial charge < -0.3 is 23.2 Å². The molecule has 0 spiro atoms. The summed E-state index contributed by atoms with van der Waals surface area (Å²) in [6.07, 6.45) is 1.51. The molecule has 156 valence electrons. The predicted octanol–water partition coefficient (Wildman–Crippen LogP) is 3.58. The van der Waals surface area contributed by atoms with E-state index in [1.807, 2.05) is 11.8 Å². The highest BCUT2D eigenvalue weighted by Gasteiger charge is 2.26. The molecule has 0 saturated carbocycles. The van der Waals surface area contributed by atoms with E-state index in [0.717, 1.165) is 24.5 Å². The minimum Gasteiger partial charge on any atom is -0.459 e. The third kappa shape index (κ3) is 3.53. The number of rotatable bonds is 4. The van der Waals surface area contributed by atoms with Crippen LogP contribution in [0.15, 0.2) is 39.4 Å². The number of amides is 1. The zero-order valence-electron chi connectivity index (χ0n) is 16.4. The molecule has 9 heteroatoms. The summed E-state index contributed by atoms with van der Waals surface area (Å²) in [5, 5.41) is 0.497. The van der Waals surface area contributed by atoms with Crippen LogP contribution in [-0.2, 0) is 6.54 Å². The van der Waals surface area contributed by atoms with E-state index in [1.54, 1.807) is 24.3 Å². The Kier molecular flexibility index (Phi) is 4.88. The number of carbonyl (C=O) groups excluding carboxylic acids is 1. The summed E-state index contributed by atoms with van der Waals surface area (Å²) in [6, 6.07) is 6.92. The van der Waals surface area contributed by atoms with Crippen LogP contribution in [0.1, 0.15) is 22.0 Å². The van der Waals surface area contributed by atoms with Crippen LogP contribution in [0.5, 0.6) is 11.5 Å². The van der Waals surface area contributed by atoms with Gasteiger partial charge in [-0.3, -0.25) is 9.69 Å².